The maximum absolute atomic E-state index is 10.8. The summed E-state index contributed by atoms with van der Waals surface area (Å²) in [5.41, 5.74) is 0.873. The van der Waals surface area contributed by atoms with Crippen LogP contribution in [0, 0.1) is 0 Å². The minimum absolute atomic E-state index is 0.149. The first-order valence-corrected chi connectivity index (χ1v) is 5.22. The van der Waals surface area contributed by atoms with Crippen LogP contribution in [0.4, 0.5) is 0 Å². The van der Waals surface area contributed by atoms with Crippen LogP contribution in [0.3, 0.4) is 0 Å². The largest absolute Gasteiger partial charge is 0.492 e. The van der Waals surface area contributed by atoms with Crippen LogP contribution in [0.15, 0.2) is 36.7 Å². The molecule has 0 aliphatic heterocycles. The molecule has 0 unspecified atom stereocenters. The molecular weight excluding hydrogens is 220 g/mol. The minimum atomic E-state index is -0.995. The Labute approximate surface area is 98.3 Å². The van der Waals surface area contributed by atoms with Gasteiger partial charge in [0.1, 0.15) is 11.4 Å². The van der Waals surface area contributed by atoms with Gasteiger partial charge in [-0.05, 0) is 19.1 Å². The summed E-state index contributed by atoms with van der Waals surface area (Å²) in [6.45, 7) is 2.44. The van der Waals surface area contributed by atoms with Crippen molar-refractivity contribution in [3.8, 4) is 11.4 Å². The Balaban J connectivity index is 2.41. The smallest absolute Gasteiger partial charge is 0.338 e. The molecule has 5 nitrogen and oxygen atoms in total. The first-order chi connectivity index (χ1) is 8.22. The highest BCUT2D eigenvalue weighted by molar-refractivity contribution is 5.87. The van der Waals surface area contributed by atoms with Crippen LogP contribution in [0.1, 0.15) is 17.3 Å². The fraction of sp³-hybridized carbons (Fsp3) is 0.167. The normalized spacial score (nSPS) is 10.2. The van der Waals surface area contributed by atoms with E-state index in [1.807, 2.05) is 31.2 Å². The van der Waals surface area contributed by atoms with E-state index in [1.165, 1.54) is 17.1 Å². The second-order valence-corrected chi connectivity index (χ2v) is 3.38. The average molecular weight is 232 g/mol. The van der Waals surface area contributed by atoms with Crippen molar-refractivity contribution in [1.82, 2.24) is 9.78 Å². The fourth-order valence-corrected chi connectivity index (χ4v) is 1.49. The molecule has 2 rings (SSSR count). The highest BCUT2D eigenvalue weighted by Gasteiger charge is 2.10. The monoisotopic (exact) mass is 232 g/mol. The topological polar surface area (TPSA) is 64.3 Å². The molecule has 0 saturated heterocycles. The molecule has 1 aromatic carbocycles. The fourth-order valence-electron chi connectivity index (χ4n) is 1.49. The van der Waals surface area contributed by atoms with Crippen LogP contribution in [0.5, 0.6) is 5.75 Å². The number of benzene rings is 1. The zero-order chi connectivity index (χ0) is 12.3. The number of carboxylic acid groups (broad SMARTS) is 1. The van der Waals surface area contributed by atoms with E-state index >= 15 is 0 Å². The summed E-state index contributed by atoms with van der Waals surface area (Å²) in [7, 11) is 0. The average Bonchev–Trinajstić information content (AvgIpc) is 2.79. The lowest BCUT2D eigenvalue weighted by atomic mass is 10.3. The summed E-state index contributed by atoms with van der Waals surface area (Å²) in [6.07, 6.45) is 2.77. The molecule has 0 bridgehead atoms. The predicted molar refractivity (Wildman–Crippen MR) is 61.7 cm³/mol. The molecule has 5 heteroatoms. The van der Waals surface area contributed by atoms with Crippen molar-refractivity contribution >= 4 is 5.97 Å². The molecule has 0 fully saturated rings. The third-order valence-electron chi connectivity index (χ3n) is 2.24. The van der Waals surface area contributed by atoms with Crippen molar-refractivity contribution in [1.29, 1.82) is 0 Å². The number of hydrogen-bond acceptors (Lipinski definition) is 3. The Morgan fingerprint density at radius 2 is 2.24 bits per heavy atom. The lowest BCUT2D eigenvalue weighted by molar-refractivity contribution is 0.0697. The van der Waals surface area contributed by atoms with Gasteiger partial charge in [0.15, 0.2) is 0 Å². The zero-order valence-corrected chi connectivity index (χ0v) is 9.33. The van der Waals surface area contributed by atoms with Crippen LogP contribution in [0.2, 0.25) is 0 Å². The molecule has 1 N–H and O–H groups in total. The standard InChI is InChI=1S/C12H12N2O3/c1-2-17-11-6-4-3-5-10(11)14-8-9(7-13-14)12(15)16/h3-8H,2H2,1H3,(H,15,16). The lowest BCUT2D eigenvalue weighted by Gasteiger charge is -2.09. The third-order valence-corrected chi connectivity index (χ3v) is 2.24. The number of hydrogen-bond donors (Lipinski definition) is 1. The van der Waals surface area contributed by atoms with Gasteiger partial charge in [-0.1, -0.05) is 12.1 Å². The van der Waals surface area contributed by atoms with Gasteiger partial charge in [-0.3, -0.25) is 0 Å². The molecule has 2 aromatic rings. The first-order valence-electron chi connectivity index (χ1n) is 5.22. The number of aromatic nitrogens is 2. The van der Waals surface area contributed by atoms with Crippen molar-refractivity contribution in [2.45, 2.75) is 6.92 Å². The summed E-state index contributed by atoms with van der Waals surface area (Å²) in [4.78, 5) is 10.8. The molecular formula is C12H12N2O3. The number of aromatic carboxylic acids is 1. The number of carbonyl (C=O) groups is 1. The Hall–Kier alpha value is -2.30. The van der Waals surface area contributed by atoms with Crippen molar-refractivity contribution in [2.24, 2.45) is 0 Å². The summed E-state index contributed by atoms with van der Waals surface area (Å²) in [5, 5.41) is 12.8. The molecule has 0 aliphatic rings. The van der Waals surface area contributed by atoms with E-state index < -0.39 is 5.97 Å². The lowest BCUT2D eigenvalue weighted by Crippen LogP contribution is -2.00. The molecule has 0 radical (unpaired) electrons. The quantitative estimate of drug-likeness (QED) is 0.875. The molecule has 88 valence electrons. The van der Waals surface area contributed by atoms with Gasteiger partial charge in [0.2, 0.25) is 0 Å². The Morgan fingerprint density at radius 3 is 2.88 bits per heavy atom. The van der Waals surface area contributed by atoms with Crippen LogP contribution < -0.4 is 4.74 Å². The van der Waals surface area contributed by atoms with Crippen molar-refractivity contribution < 1.29 is 14.6 Å². The van der Waals surface area contributed by atoms with Gasteiger partial charge in [0.25, 0.3) is 0 Å². The Bertz CT molecular complexity index is 534. The van der Waals surface area contributed by atoms with E-state index in [2.05, 4.69) is 5.10 Å². The highest BCUT2D eigenvalue weighted by Crippen LogP contribution is 2.22. The van der Waals surface area contributed by atoms with E-state index in [-0.39, 0.29) is 5.56 Å². The third kappa shape index (κ3) is 2.28. The molecule has 0 amide bonds. The number of ether oxygens (including phenoxy) is 1. The van der Waals surface area contributed by atoms with Gasteiger partial charge in [0.05, 0.1) is 18.4 Å². The van der Waals surface area contributed by atoms with Crippen LogP contribution >= 0.6 is 0 Å². The van der Waals surface area contributed by atoms with E-state index in [0.717, 1.165) is 5.69 Å². The SMILES string of the molecule is CCOc1ccccc1-n1cc(C(=O)O)cn1. The van der Waals surface area contributed by atoms with Gasteiger partial charge in [-0.15, -0.1) is 0 Å². The number of para-hydroxylation sites is 2. The van der Waals surface area contributed by atoms with E-state index in [0.29, 0.717) is 12.4 Å². The Morgan fingerprint density at radius 1 is 1.47 bits per heavy atom. The number of rotatable bonds is 4. The second-order valence-electron chi connectivity index (χ2n) is 3.38. The van der Waals surface area contributed by atoms with Gasteiger partial charge >= 0.3 is 5.97 Å². The maximum Gasteiger partial charge on any atom is 0.338 e. The summed E-state index contributed by atoms with van der Waals surface area (Å²) >= 11 is 0. The predicted octanol–water partition coefficient (Wildman–Crippen LogP) is 1.97. The molecule has 0 spiro atoms. The van der Waals surface area contributed by atoms with Gasteiger partial charge < -0.3 is 9.84 Å². The van der Waals surface area contributed by atoms with E-state index in [4.69, 9.17) is 9.84 Å². The van der Waals surface area contributed by atoms with E-state index in [1.54, 1.807) is 0 Å². The zero-order valence-electron chi connectivity index (χ0n) is 9.33. The Kier molecular flexibility index (Phi) is 3.09. The molecule has 0 aliphatic carbocycles. The van der Waals surface area contributed by atoms with Crippen molar-refractivity contribution in [3.63, 3.8) is 0 Å². The number of carboxylic acids is 1. The second kappa shape index (κ2) is 4.69. The van der Waals surface area contributed by atoms with Crippen LogP contribution in [-0.2, 0) is 0 Å². The van der Waals surface area contributed by atoms with E-state index in [9.17, 15) is 4.79 Å². The van der Waals surface area contributed by atoms with Gasteiger partial charge in [-0.2, -0.15) is 5.10 Å². The molecule has 17 heavy (non-hydrogen) atoms. The van der Waals surface area contributed by atoms with Crippen molar-refractivity contribution in [3.05, 3.63) is 42.2 Å². The molecule has 1 heterocycles. The summed E-state index contributed by atoms with van der Waals surface area (Å²) < 4.78 is 6.95. The summed E-state index contributed by atoms with van der Waals surface area (Å²) in [5.74, 6) is -0.319. The molecule has 0 saturated carbocycles. The van der Waals surface area contributed by atoms with Crippen LogP contribution in [0.25, 0.3) is 5.69 Å². The van der Waals surface area contributed by atoms with Gasteiger partial charge in [0, 0.05) is 6.20 Å². The van der Waals surface area contributed by atoms with Gasteiger partial charge in [-0.25, -0.2) is 9.48 Å². The van der Waals surface area contributed by atoms with Crippen LogP contribution in [-0.4, -0.2) is 27.5 Å². The van der Waals surface area contributed by atoms with Crippen molar-refractivity contribution in [2.75, 3.05) is 6.61 Å². The highest BCUT2D eigenvalue weighted by atomic mass is 16.5. The molecule has 0 atom stereocenters. The minimum Gasteiger partial charge on any atom is -0.492 e. The summed E-state index contributed by atoms with van der Waals surface area (Å²) in [6, 6.07) is 7.35. The molecule has 1 aromatic heterocycles. The number of nitrogens with zero attached hydrogens (tertiary/aromatic N) is 2. The first kappa shape index (κ1) is 11.2. The maximum atomic E-state index is 10.8.